The molecule has 0 aliphatic rings. The molecule has 3 rings (SSSR count). The van der Waals surface area contributed by atoms with Crippen LogP contribution in [0.4, 0.5) is 5.69 Å². The second-order valence-electron chi connectivity index (χ2n) is 5.20. The van der Waals surface area contributed by atoms with E-state index in [1.54, 1.807) is 0 Å². The maximum absolute atomic E-state index is 5.72. The maximum atomic E-state index is 5.72. The lowest BCUT2D eigenvalue weighted by Crippen LogP contribution is -2.06. The van der Waals surface area contributed by atoms with E-state index in [-0.39, 0.29) is 0 Å². The topological polar surface area (TPSA) is 43.8 Å². The summed E-state index contributed by atoms with van der Waals surface area (Å²) in [7, 11) is 0. The molecule has 0 aliphatic carbocycles. The number of hydrogen-bond donors (Lipinski definition) is 1. The second-order valence-corrected chi connectivity index (χ2v) is 5.20. The highest BCUT2D eigenvalue weighted by Crippen LogP contribution is 2.11. The van der Waals surface area contributed by atoms with Crippen molar-refractivity contribution in [2.45, 2.75) is 19.4 Å². The SMILES string of the molecule is Nc1ccc(Cn2ccnc2CCc2ccccc2)cc1. The quantitative estimate of drug-likeness (QED) is 0.727. The fourth-order valence-corrected chi connectivity index (χ4v) is 2.43. The smallest absolute Gasteiger partial charge is 0.109 e. The number of nitrogen functional groups attached to an aromatic ring is 1. The monoisotopic (exact) mass is 277 g/mol. The first kappa shape index (κ1) is 13.4. The highest BCUT2D eigenvalue weighted by atomic mass is 15.1. The summed E-state index contributed by atoms with van der Waals surface area (Å²) in [5, 5.41) is 0. The molecule has 21 heavy (non-hydrogen) atoms. The Hall–Kier alpha value is -2.55. The van der Waals surface area contributed by atoms with Gasteiger partial charge in [-0.15, -0.1) is 0 Å². The third-order valence-electron chi connectivity index (χ3n) is 3.61. The summed E-state index contributed by atoms with van der Waals surface area (Å²) < 4.78 is 2.20. The van der Waals surface area contributed by atoms with Crippen LogP contribution in [0, 0.1) is 0 Å². The van der Waals surface area contributed by atoms with Gasteiger partial charge in [0, 0.05) is 31.0 Å². The molecule has 0 unspecified atom stereocenters. The Kier molecular flexibility index (Phi) is 4.01. The molecule has 3 nitrogen and oxygen atoms in total. The van der Waals surface area contributed by atoms with Gasteiger partial charge in [0.05, 0.1) is 0 Å². The van der Waals surface area contributed by atoms with E-state index in [2.05, 4.69) is 45.9 Å². The van der Waals surface area contributed by atoms with Crippen LogP contribution in [0.1, 0.15) is 17.0 Å². The first-order chi connectivity index (χ1) is 10.3. The fraction of sp³-hybridized carbons (Fsp3) is 0.167. The molecule has 0 radical (unpaired) electrons. The van der Waals surface area contributed by atoms with Crippen LogP contribution in [0.25, 0.3) is 0 Å². The van der Waals surface area contributed by atoms with Crippen molar-refractivity contribution in [1.29, 1.82) is 0 Å². The zero-order chi connectivity index (χ0) is 14.5. The number of aromatic nitrogens is 2. The van der Waals surface area contributed by atoms with Crippen LogP contribution in [0.3, 0.4) is 0 Å². The van der Waals surface area contributed by atoms with Gasteiger partial charge in [-0.1, -0.05) is 42.5 Å². The summed E-state index contributed by atoms with van der Waals surface area (Å²) in [6.45, 7) is 0.838. The lowest BCUT2D eigenvalue weighted by molar-refractivity contribution is 0.712. The number of hydrogen-bond acceptors (Lipinski definition) is 2. The van der Waals surface area contributed by atoms with E-state index in [0.717, 1.165) is 30.9 Å². The van der Waals surface area contributed by atoms with Gasteiger partial charge in [-0.3, -0.25) is 0 Å². The molecule has 2 aromatic carbocycles. The first-order valence-corrected chi connectivity index (χ1v) is 7.19. The van der Waals surface area contributed by atoms with E-state index >= 15 is 0 Å². The number of imidazole rings is 1. The summed E-state index contributed by atoms with van der Waals surface area (Å²) in [5.74, 6) is 1.12. The molecule has 0 aliphatic heterocycles. The Morgan fingerprint density at radius 2 is 1.62 bits per heavy atom. The van der Waals surface area contributed by atoms with Gasteiger partial charge in [-0.25, -0.2) is 4.98 Å². The number of benzene rings is 2. The van der Waals surface area contributed by atoms with E-state index in [1.807, 2.05) is 30.6 Å². The van der Waals surface area contributed by atoms with Crippen LogP contribution < -0.4 is 5.73 Å². The van der Waals surface area contributed by atoms with Gasteiger partial charge >= 0.3 is 0 Å². The third kappa shape index (κ3) is 3.51. The largest absolute Gasteiger partial charge is 0.399 e. The summed E-state index contributed by atoms with van der Waals surface area (Å²) in [4.78, 5) is 4.48. The molecule has 3 aromatic rings. The van der Waals surface area contributed by atoms with Crippen molar-refractivity contribution in [3.8, 4) is 0 Å². The van der Waals surface area contributed by atoms with Crippen molar-refractivity contribution < 1.29 is 0 Å². The minimum absolute atomic E-state index is 0.800. The van der Waals surface area contributed by atoms with Crippen LogP contribution in [-0.4, -0.2) is 9.55 Å². The highest BCUT2D eigenvalue weighted by molar-refractivity contribution is 5.39. The number of rotatable bonds is 5. The molecule has 1 heterocycles. The van der Waals surface area contributed by atoms with Crippen LogP contribution in [-0.2, 0) is 19.4 Å². The minimum atomic E-state index is 0.800. The molecule has 3 heteroatoms. The third-order valence-corrected chi connectivity index (χ3v) is 3.61. The normalized spacial score (nSPS) is 10.7. The molecular formula is C18H19N3. The van der Waals surface area contributed by atoms with Gasteiger partial charge in [-0.2, -0.15) is 0 Å². The van der Waals surface area contributed by atoms with E-state index in [9.17, 15) is 0 Å². The van der Waals surface area contributed by atoms with Gasteiger partial charge in [0.2, 0.25) is 0 Å². The van der Waals surface area contributed by atoms with Crippen LogP contribution in [0.15, 0.2) is 67.0 Å². The molecule has 106 valence electrons. The molecule has 0 amide bonds. The van der Waals surface area contributed by atoms with E-state index in [4.69, 9.17) is 5.73 Å². The van der Waals surface area contributed by atoms with Crippen molar-refractivity contribution in [3.05, 3.63) is 83.9 Å². The predicted molar refractivity (Wildman–Crippen MR) is 86.0 cm³/mol. The van der Waals surface area contributed by atoms with Gasteiger partial charge in [0.25, 0.3) is 0 Å². The second kappa shape index (κ2) is 6.27. The van der Waals surface area contributed by atoms with Crippen molar-refractivity contribution in [2.75, 3.05) is 5.73 Å². The van der Waals surface area contributed by atoms with Crippen molar-refractivity contribution in [1.82, 2.24) is 9.55 Å². The lowest BCUT2D eigenvalue weighted by atomic mass is 10.1. The van der Waals surface area contributed by atoms with E-state index in [0.29, 0.717) is 0 Å². The van der Waals surface area contributed by atoms with Crippen molar-refractivity contribution in [3.63, 3.8) is 0 Å². The minimum Gasteiger partial charge on any atom is -0.399 e. The molecular weight excluding hydrogens is 258 g/mol. The lowest BCUT2D eigenvalue weighted by Gasteiger charge is -2.08. The molecule has 0 spiro atoms. The Bertz CT molecular complexity index is 684. The summed E-state index contributed by atoms with van der Waals surface area (Å²) in [6, 6.07) is 18.5. The standard InChI is InChI=1S/C18H19N3/c19-17-9-6-16(7-10-17)14-21-13-12-20-18(21)11-8-15-4-2-1-3-5-15/h1-7,9-10,12-13H,8,11,14,19H2. The van der Waals surface area contributed by atoms with Crippen LogP contribution in [0.5, 0.6) is 0 Å². The molecule has 0 saturated carbocycles. The molecule has 0 bridgehead atoms. The molecule has 0 saturated heterocycles. The van der Waals surface area contributed by atoms with E-state index < -0.39 is 0 Å². The average molecular weight is 277 g/mol. The number of nitrogens with zero attached hydrogens (tertiary/aromatic N) is 2. The zero-order valence-electron chi connectivity index (χ0n) is 11.9. The average Bonchev–Trinajstić information content (AvgIpc) is 2.96. The van der Waals surface area contributed by atoms with Gasteiger partial charge < -0.3 is 10.3 Å². The Labute approximate surface area is 125 Å². The van der Waals surface area contributed by atoms with Crippen LogP contribution >= 0.6 is 0 Å². The van der Waals surface area contributed by atoms with Gasteiger partial charge in [-0.05, 0) is 29.7 Å². The molecule has 0 fully saturated rings. The predicted octanol–water partition coefficient (Wildman–Crippen LogP) is 3.30. The molecule has 2 N–H and O–H groups in total. The Morgan fingerprint density at radius 1 is 0.857 bits per heavy atom. The number of nitrogens with two attached hydrogens (primary N) is 1. The zero-order valence-corrected chi connectivity index (χ0v) is 11.9. The van der Waals surface area contributed by atoms with Gasteiger partial charge in [0.15, 0.2) is 0 Å². The van der Waals surface area contributed by atoms with Crippen molar-refractivity contribution in [2.24, 2.45) is 0 Å². The molecule has 1 aromatic heterocycles. The summed E-state index contributed by atoms with van der Waals surface area (Å²) in [5.41, 5.74) is 9.11. The Morgan fingerprint density at radius 3 is 2.38 bits per heavy atom. The summed E-state index contributed by atoms with van der Waals surface area (Å²) >= 11 is 0. The van der Waals surface area contributed by atoms with E-state index in [1.165, 1.54) is 11.1 Å². The first-order valence-electron chi connectivity index (χ1n) is 7.19. The summed E-state index contributed by atoms with van der Waals surface area (Å²) in [6.07, 6.45) is 5.87. The maximum Gasteiger partial charge on any atom is 0.109 e. The Balaban J connectivity index is 1.68. The number of anilines is 1. The molecule has 0 atom stereocenters. The van der Waals surface area contributed by atoms with Gasteiger partial charge in [0.1, 0.15) is 5.82 Å². The van der Waals surface area contributed by atoms with Crippen molar-refractivity contribution >= 4 is 5.69 Å². The van der Waals surface area contributed by atoms with Crippen LogP contribution in [0.2, 0.25) is 0 Å². The fourth-order valence-electron chi connectivity index (χ4n) is 2.43. The highest BCUT2D eigenvalue weighted by Gasteiger charge is 2.04. The number of aryl methyl sites for hydroxylation is 2.